The molecular weight excluding hydrogens is 362 g/mol. The van der Waals surface area contributed by atoms with Crippen LogP contribution in [-0.2, 0) is 4.79 Å². The highest BCUT2D eigenvalue weighted by molar-refractivity contribution is 5.85. The second kappa shape index (κ2) is 8.48. The second-order valence-corrected chi connectivity index (χ2v) is 9.01. The van der Waals surface area contributed by atoms with Gasteiger partial charge in [0.1, 0.15) is 12.2 Å². The van der Waals surface area contributed by atoms with Crippen molar-refractivity contribution in [3.63, 3.8) is 0 Å². The molecule has 0 aromatic carbocycles. The third-order valence-corrected chi connectivity index (χ3v) is 7.02. The fourth-order valence-corrected chi connectivity index (χ4v) is 5.58. The molecule has 0 radical (unpaired) electrons. The van der Waals surface area contributed by atoms with Crippen molar-refractivity contribution in [2.45, 2.75) is 76.8 Å². The Morgan fingerprint density at radius 2 is 1.89 bits per heavy atom. The molecule has 1 aliphatic heterocycles. The van der Waals surface area contributed by atoms with Crippen LogP contribution in [0.5, 0.6) is 0 Å². The maximum Gasteiger partial charge on any atom is 0.225 e. The number of piperidine rings is 1. The van der Waals surface area contributed by atoms with Crippen LogP contribution in [-0.4, -0.2) is 44.7 Å². The van der Waals surface area contributed by atoms with Crippen LogP contribution in [0.2, 0.25) is 0 Å². The number of amides is 1. The topological polar surface area (TPSA) is 77.0 Å². The third-order valence-electron chi connectivity index (χ3n) is 7.02. The van der Waals surface area contributed by atoms with Gasteiger partial charge in [-0.05, 0) is 64.2 Å². The molecule has 1 saturated heterocycles. The van der Waals surface area contributed by atoms with Gasteiger partial charge in [0.2, 0.25) is 5.91 Å². The highest BCUT2D eigenvalue weighted by Crippen LogP contribution is 2.43. The smallest absolute Gasteiger partial charge is 0.225 e. The predicted molar refractivity (Wildman–Crippen MR) is 108 cm³/mol. The van der Waals surface area contributed by atoms with Crippen LogP contribution in [0.15, 0.2) is 6.33 Å². The summed E-state index contributed by atoms with van der Waals surface area (Å²) in [4.78, 5) is 15.4. The highest BCUT2D eigenvalue weighted by atomic mass is 35.5. The Balaban J connectivity index is 0.00000210. The van der Waals surface area contributed by atoms with Crippen molar-refractivity contribution in [1.82, 2.24) is 19.7 Å². The van der Waals surface area contributed by atoms with E-state index in [9.17, 15) is 4.79 Å². The van der Waals surface area contributed by atoms with Gasteiger partial charge >= 0.3 is 0 Å². The summed E-state index contributed by atoms with van der Waals surface area (Å²) >= 11 is 0. The van der Waals surface area contributed by atoms with Crippen LogP contribution in [0.3, 0.4) is 0 Å². The van der Waals surface area contributed by atoms with Gasteiger partial charge < -0.3 is 15.2 Å². The molecule has 3 unspecified atom stereocenters. The zero-order valence-electron chi connectivity index (χ0n) is 16.6. The van der Waals surface area contributed by atoms with Crippen LogP contribution in [0, 0.1) is 17.8 Å². The van der Waals surface area contributed by atoms with E-state index in [1.165, 1.54) is 19.3 Å². The number of carbonyl (C=O) groups is 1. The van der Waals surface area contributed by atoms with Crippen molar-refractivity contribution < 1.29 is 4.79 Å². The maximum absolute atomic E-state index is 13.3. The quantitative estimate of drug-likeness (QED) is 0.852. The van der Waals surface area contributed by atoms with Gasteiger partial charge in [0, 0.05) is 37.0 Å². The van der Waals surface area contributed by atoms with Crippen LogP contribution < -0.4 is 5.73 Å². The minimum absolute atomic E-state index is 0. The number of hydrogen-bond donors (Lipinski definition) is 1. The molecular formula is C20H34ClN5O. The van der Waals surface area contributed by atoms with E-state index in [0.717, 1.165) is 44.6 Å². The summed E-state index contributed by atoms with van der Waals surface area (Å²) in [5.74, 6) is 3.02. The largest absolute Gasteiger partial charge is 0.342 e. The van der Waals surface area contributed by atoms with Crippen molar-refractivity contribution >= 4 is 18.3 Å². The van der Waals surface area contributed by atoms with Gasteiger partial charge in [0.25, 0.3) is 0 Å². The van der Waals surface area contributed by atoms with E-state index in [1.54, 1.807) is 0 Å². The number of nitrogens with zero attached hydrogens (tertiary/aromatic N) is 4. The Morgan fingerprint density at radius 1 is 1.19 bits per heavy atom. The lowest BCUT2D eigenvalue weighted by Gasteiger charge is -2.45. The molecule has 2 saturated carbocycles. The van der Waals surface area contributed by atoms with E-state index in [0.29, 0.717) is 35.7 Å². The summed E-state index contributed by atoms with van der Waals surface area (Å²) in [5.41, 5.74) is 6.41. The number of hydrogen-bond acceptors (Lipinski definition) is 4. The Bertz CT molecular complexity index is 634. The molecule has 6 nitrogen and oxygen atoms in total. The van der Waals surface area contributed by atoms with Crippen molar-refractivity contribution in [2.24, 2.45) is 23.5 Å². The van der Waals surface area contributed by atoms with Crippen LogP contribution >= 0.6 is 12.4 Å². The van der Waals surface area contributed by atoms with Gasteiger partial charge in [-0.1, -0.05) is 6.42 Å². The van der Waals surface area contributed by atoms with Crippen LogP contribution in [0.1, 0.15) is 76.6 Å². The van der Waals surface area contributed by atoms with Gasteiger partial charge in [-0.15, -0.1) is 22.6 Å². The molecule has 1 aromatic rings. The lowest BCUT2D eigenvalue weighted by molar-refractivity contribution is -0.140. The molecule has 3 aliphatic rings. The van der Waals surface area contributed by atoms with Gasteiger partial charge in [-0.2, -0.15) is 0 Å². The monoisotopic (exact) mass is 395 g/mol. The molecule has 1 aromatic heterocycles. The minimum atomic E-state index is 0. The number of nitrogens with two attached hydrogens (primary N) is 1. The molecule has 2 N–H and O–H groups in total. The third kappa shape index (κ3) is 4.02. The standard InChI is InChI=1S/C20H33N5O.ClH/c1-13(2)25-12-22-23-19(25)16-7-4-8-24(11-16)20(26)17-9-14-5-3-6-15(10-17)18(14)21;/h12-18H,3-11,21H2,1-2H3;1H. The van der Waals surface area contributed by atoms with Crippen molar-refractivity contribution in [3.8, 4) is 0 Å². The summed E-state index contributed by atoms with van der Waals surface area (Å²) in [6, 6.07) is 0.678. The van der Waals surface area contributed by atoms with E-state index >= 15 is 0 Å². The molecule has 0 spiro atoms. The average molecular weight is 396 g/mol. The van der Waals surface area contributed by atoms with E-state index < -0.39 is 0 Å². The normalized spacial score (nSPS) is 33.6. The lowest BCUT2D eigenvalue weighted by Crippen LogP contribution is -2.51. The summed E-state index contributed by atoms with van der Waals surface area (Å²) < 4.78 is 2.16. The SMILES string of the molecule is CC(C)n1cnnc1C1CCCN(C(=O)C2CC3CCCC(C2)C3N)C1.Cl. The van der Waals surface area contributed by atoms with Gasteiger partial charge in [-0.3, -0.25) is 4.79 Å². The lowest BCUT2D eigenvalue weighted by atomic mass is 9.65. The summed E-state index contributed by atoms with van der Waals surface area (Å²) in [6.45, 7) is 6.00. The fourth-order valence-electron chi connectivity index (χ4n) is 5.58. The molecule has 2 bridgehead atoms. The molecule has 1 amide bonds. The zero-order valence-corrected chi connectivity index (χ0v) is 17.4. The fraction of sp³-hybridized carbons (Fsp3) is 0.850. The van der Waals surface area contributed by atoms with E-state index in [4.69, 9.17) is 5.73 Å². The molecule has 3 atom stereocenters. The van der Waals surface area contributed by atoms with Gasteiger partial charge in [0.15, 0.2) is 0 Å². The number of likely N-dealkylation sites (tertiary alicyclic amines) is 1. The first-order chi connectivity index (χ1) is 12.5. The summed E-state index contributed by atoms with van der Waals surface area (Å²) in [6.07, 6.45) is 9.68. The van der Waals surface area contributed by atoms with Crippen molar-refractivity contribution in [2.75, 3.05) is 13.1 Å². The molecule has 7 heteroatoms. The van der Waals surface area contributed by atoms with E-state index in [1.807, 2.05) is 6.33 Å². The molecule has 27 heavy (non-hydrogen) atoms. The first kappa shape index (κ1) is 20.6. The summed E-state index contributed by atoms with van der Waals surface area (Å²) in [5, 5.41) is 8.50. The molecule has 2 aliphatic carbocycles. The maximum atomic E-state index is 13.3. The Labute approximate surface area is 168 Å². The Kier molecular flexibility index (Phi) is 6.46. The van der Waals surface area contributed by atoms with Gasteiger partial charge in [-0.25, -0.2) is 0 Å². The van der Waals surface area contributed by atoms with Crippen molar-refractivity contribution in [1.29, 1.82) is 0 Å². The number of aromatic nitrogens is 3. The number of rotatable bonds is 3. The molecule has 4 rings (SSSR count). The molecule has 3 fully saturated rings. The molecule has 2 heterocycles. The highest BCUT2D eigenvalue weighted by Gasteiger charge is 2.42. The predicted octanol–water partition coefficient (Wildman–Crippen LogP) is 3.14. The first-order valence-electron chi connectivity index (χ1n) is 10.5. The van der Waals surface area contributed by atoms with Crippen LogP contribution in [0.25, 0.3) is 0 Å². The van der Waals surface area contributed by atoms with E-state index in [2.05, 4.69) is 33.5 Å². The Morgan fingerprint density at radius 3 is 2.56 bits per heavy atom. The molecule has 152 valence electrons. The first-order valence-corrected chi connectivity index (χ1v) is 10.5. The number of halogens is 1. The minimum Gasteiger partial charge on any atom is -0.342 e. The summed E-state index contributed by atoms with van der Waals surface area (Å²) in [7, 11) is 0. The van der Waals surface area contributed by atoms with Crippen molar-refractivity contribution in [3.05, 3.63) is 12.2 Å². The van der Waals surface area contributed by atoms with Crippen LogP contribution in [0.4, 0.5) is 0 Å². The number of fused-ring (bicyclic) bond motifs is 2. The van der Waals surface area contributed by atoms with E-state index in [-0.39, 0.29) is 18.3 Å². The van der Waals surface area contributed by atoms with Gasteiger partial charge in [0.05, 0.1) is 0 Å². The second-order valence-electron chi connectivity index (χ2n) is 9.01. The zero-order chi connectivity index (χ0) is 18.3. The Hall–Kier alpha value is -1.14. The number of carbonyl (C=O) groups excluding carboxylic acids is 1. The average Bonchev–Trinajstić information content (AvgIpc) is 3.11.